The van der Waals surface area contributed by atoms with Crippen molar-refractivity contribution in [2.45, 2.75) is 22.6 Å². The molecule has 104 valence electrons. The van der Waals surface area contributed by atoms with Crippen molar-refractivity contribution in [1.29, 1.82) is 0 Å². The largest absolute Gasteiger partial charge is 0.481 e. The Bertz CT molecular complexity index is 582. The molecule has 0 bridgehead atoms. The molecule has 0 aliphatic carbocycles. The lowest BCUT2D eigenvalue weighted by Crippen LogP contribution is -2.54. The number of aliphatic carboxylic acids is 2. The smallest absolute Gasteiger partial charge is 0.339 e. The van der Waals surface area contributed by atoms with Crippen molar-refractivity contribution in [3.05, 3.63) is 30.3 Å². The van der Waals surface area contributed by atoms with E-state index in [4.69, 9.17) is 15.9 Å². The minimum atomic E-state index is -4.38. The fourth-order valence-corrected chi connectivity index (χ4v) is 3.00. The van der Waals surface area contributed by atoms with E-state index < -0.39 is 39.5 Å². The molecule has 4 N–H and O–H groups in total. The number of rotatable bonds is 6. The Labute approximate surface area is 109 Å². The van der Waals surface area contributed by atoms with E-state index in [2.05, 4.69) is 0 Å². The molecular weight excluding hydrogens is 274 g/mol. The third-order valence-corrected chi connectivity index (χ3v) is 4.84. The van der Waals surface area contributed by atoms with E-state index in [1.165, 1.54) is 24.3 Å². The molecule has 0 amide bonds. The van der Waals surface area contributed by atoms with Crippen molar-refractivity contribution in [2.75, 3.05) is 0 Å². The van der Waals surface area contributed by atoms with E-state index in [0.717, 1.165) is 0 Å². The summed E-state index contributed by atoms with van der Waals surface area (Å²) < 4.78 is 24.4. The van der Waals surface area contributed by atoms with Gasteiger partial charge in [-0.25, -0.2) is 13.2 Å². The third-order valence-electron chi connectivity index (χ3n) is 2.61. The van der Waals surface area contributed by atoms with Gasteiger partial charge in [0.05, 0.1) is 4.90 Å². The zero-order valence-corrected chi connectivity index (χ0v) is 10.6. The zero-order valence-electron chi connectivity index (χ0n) is 9.81. The van der Waals surface area contributed by atoms with Gasteiger partial charge in [0, 0.05) is 12.8 Å². The first-order chi connectivity index (χ1) is 8.72. The number of sulfone groups is 1. The second-order valence-corrected chi connectivity index (χ2v) is 6.11. The first-order valence-corrected chi connectivity index (χ1v) is 6.74. The van der Waals surface area contributed by atoms with Gasteiger partial charge in [0.2, 0.25) is 14.7 Å². The van der Waals surface area contributed by atoms with Gasteiger partial charge in [-0.05, 0) is 12.1 Å². The first-order valence-electron chi connectivity index (χ1n) is 5.25. The van der Waals surface area contributed by atoms with Gasteiger partial charge in [-0.3, -0.25) is 4.79 Å². The average molecular weight is 287 g/mol. The predicted molar refractivity (Wildman–Crippen MR) is 65.1 cm³/mol. The van der Waals surface area contributed by atoms with Crippen molar-refractivity contribution in [3.8, 4) is 0 Å². The first kappa shape index (κ1) is 15.1. The van der Waals surface area contributed by atoms with E-state index in [9.17, 15) is 18.0 Å². The Morgan fingerprint density at radius 1 is 1.16 bits per heavy atom. The highest BCUT2D eigenvalue weighted by atomic mass is 32.2. The van der Waals surface area contributed by atoms with Crippen LogP contribution in [-0.4, -0.2) is 35.4 Å². The van der Waals surface area contributed by atoms with E-state index in [-0.39, 0.29) is 4.90 Å². The Balaban J connectivity index is 3.26. The summed E-state index contributed by atoms with van der Waals surface area (Å²) in [5.74, 6) is -3.10. The highest BCUT2D eigenvalue weighted by Gasteiger charge is 2.48. The van der Waals surface area contributed by atoms with E-state index >= 15 is 0 Å². The van der Waals surface area contributed by atoms with Crippen LogP contribution in [0.2, 0.25) is 0 Å². The van der Waals surface area contributed by atoms with Gasteiger partial charge in [-0.15, -0.1) is 0 Å². The van der Waals surface area contributed by atoms with Gasteiger partial charge >= 0.3 is 11.9 Å². The third kappa shape index (κ3) is 2.91. The predicted octanol–water partition coefficient (Wildman–Crippen LogP) is 0.0647. The minimum Gasteiger partial charge on any atom is -0.481 e. The molecule has 7 nitrogen and oxygen atoms in total. The fraction of sp³-hybridized carbons (Fsp3) is 0.273. The summed E-state index contributed by atoms with van der Waals surface area (Å²) in [5.41, 5.74) is 5.45. The number of nitrogens with two attached hydrogens (primary N) is 1. The molecule has 0 saturated heterocycles. The monoisotopic (exact) mass is 287 g/mol. The molecule has 1 aromatic rings. The van der Waals surface area contributed by atoms with Gasteiger partial charge in [-0.1, -0.05) is 18.2 Å². The van der Waals surface area contributed by atoms with Crippen molar-refractivity contribution < 1.29 is 28.2 Å². The summed E-state index contributed by atoms with van der Waals surface area (Å²) in [7, 11) is -4.38. The molecule has 1 rings (SSSR count). The fourth-order valence-electron chi connectivity index (χ4n) is 1.46. The van der Waals surface area contributed by atoms with Crippen LogP contribution in [0.1, 0.15) is 12.8 Å². The van der Waals surface area contributed by atoms with E-state index in [1.807, 2.05) is 0 Å². The normalized spacial score (nSPS) is 14.6. The summed E-state index contributed by atoms with van der Waals surface area (Å²) in [6.45, 7) is 0. The number of carbonyl (C=O) groups is 2. The number of benzene rings is 1. The SMILES string of the molecule is N[C@@](CCC(=O)O)(C(=O)O)S(=O)(=O)c1ccccc1. The molecule has 1 aromatic carbocycles. The van der Waals surface area contributed by atoms with Gasteiger partial charge in [-0.2, -0.15) is 0 Å². The lowest BCUT2D eigenvalue weighted by atomic mass is 10.1. The Kier molecular flexibility index (Phi) is 4.28. The maximum Gasteiger partial charge on any atom is 0.339 e. The van der Waals surface area contributed by atoms with Gasteiger partial charge < -0.3 is 15.9 Å². The molecule has 0 aliphatic heterocycles. The molecule has 0 heterocycles. The summed E-state index contributed by atoms with van der Waals surface area (Å²) in [6, 6.07) is 6.83. The van der Waals surface area contributed by atoms with Crippen molar-refractivity contribution >= 4 is 21.8 Å². The topological polar surface area (TPSA) is 135 Å². The van der Waals surface area contributed by atoms with Crippen LogP contribution in [0.4, 0.5) is 0 Å². The van der Waals surface area contributed by atoms with E-state index in [1.54, 1.807) is 6.07 Å². The van der Waals surface area contributed by atoms with Crippen LogP contribution >= 0.6 is 0 Å². The lowest BCUT2D eigenvalue weighted by molar-refractivity contribution is -0.141. The lowest BCUT2D eigenvalue weighted by Gasteiger charge is -2.24. The van der Waals surface area contributed by atoms with E-state index in [0.29, 0.717) is 0 Å². The number of hydrogen-bond acceptors (Lipinski definition) is 5. The average Bonchev–Trinajstić information content (AvgIpc) is 2.36. The molecular formula is C11H13NO6S. The van der Waals surface area contributed by atoms with Crippen LogP contribution in [0.3, 0.4) is 0 Å². The molecule has 0 aromatic heterocycles. The van der Waals surface area contributed by atoms with Crippen molar-refractivity contribution in [3.63, 3.8) is 0 Å². The number of carboxylic acid groups (broad SMARTS) is 2. The Hall–Kier alpha value is -1.93. The van der Waals surface area contributed by atoms with Crippen molar-refractivity contribution in [2.24, 2.45) is 5.73 Å². The quantitative estimate of drug-likeness (QED) is 0.673. The highest BCUT2D eigenvalue weighted by Crippen LogP contribution is 2.26. The maximum absolute atomic E-state index is 12.2. The highest BCUT2D eigenvalue weighted by molar-refractivity contribution is 7.93. The Morgan fingerprint density at radius 2 is 1.68 bits per heavy atom. The van der Waals surface area contributed by atoms with Crippen LogP contribution in [0.15, 0.2) is 35.2 Å². The molecule has 0 radical (unpaired) electrons. The van der Waals surface area contributed by atoms with Gasteiger partial charge in [0.15, 0.2) is 0 Å². The molecule has 8 heteroatoms. The molecule has 0 unspecified atom stereocenters. The standard InChI is InChI=1S/C11H13NO6S/c12-11(10(15)16,7-6-9(13)14)19(17,18)8-4-2-1-3-5-8/h1-5H,6-7,12H2,(H,13,14)(H,15,16)/t11-/m1/s1. The van der Waals surface area contributed by atoms with Gasteiger partial charge in [0.25, 0.3) is 0 Å². The second-order valence-electron chi connectivity index (χ2n) is 3.90. The van der Waals surface area contributed by atoms with Crippen LogP contribution in [0, 0.1) is 0 Å². The Morgan fingerprint density at radius 3 is 2.11 bits per heavy atom. The minimum absolute atomic E-state index is 0.259. The molecule has 19 heavy (non-hydrogen) atoms. The van der Waals surface area contributed by atoms with Crippen LogP contribution < -0.4 is 5.73 Å². The second kappa shape index (κ2) is 5.37. The van der Waals surface area contributed by atoms with Crippen molar-refractivity contribution in [1.82, 2.24) is 0 Å². The summed E-state index contributed by atoms with van der Waals surface area (Å²) >= 11 is 0. The molecule has 0 aliphatic rings. The summed E-state index contributed by atoms with van der Waals surface area (Å²) in [6.07, 6.45) is -1.37. The maximum atomic E-state index is 12.2. The molecule has 1 atom stereocenters. The number of carboxylic acids is 2. The van der Waals surface area contributed by atoms with Crippen LogP contribution in [0.5, 0.6) is 0 Å². The van der Waals surface area contributed by atoms with Gasteiger partial charge in [0.1, 0.15) is 0 Å². The number of hydrogen-bond donors (Lipinski definition) is 3. The molecule has 0 spiro atoms. The van der Waals surface area contributed by atoms with Crippen LogP contribution in [-0.2, 0) is 19.4 Å². The van der Waals surface area contributed by atoms with Crippen LogP contribution in [0.25, 0.3) is 0 Å². The zero-order chi connectivity index (χ0) is 14.7. The molecule has 0 saturated carbocycles. The summed E-state index contributed by atoms with van der Waals surface area (Å²) in [5, 5.41) is 17.6. The molecule has 0 fully saturated rings. The summed E-state index contributed by atoms with van der Waals surface area (Å²) in [4.78, 5) is 18.7.